The number of anilines is 1. The van der Waals surface area contributed by atoms with Crippen molar-refractivity contribution in [1.82, 2.24) is 15.5 Å². The summed E-state index contributed by atoms with van der Waals surface area (Å²) >= 11 is 0. The van der Waals surface area contributed by atoms with Crippen molar-refractivity contribution in [3.05, 3.63) is 66.0 Å². The van der Waals surface area contributed by atoms with Crippen molar-refractivity contribution in [3.63, 3.8) is 0 Å². The number of nitrogen functional groups attached to an aromatic ring is 1. The maximum absolute atomic E-state index is 12.6. The normalized spacial score (nSPS) is 11.9. The maximum Gasteiger partial charge on any atom is 0.259 e. The van der Waals surface area contributed by atoms with Gasteiger partial charge >= 0.3 is 0 Å². The first-order chi connectivity index (χ1) is 11.2. The van der Waals surface area contributed by atoms with Gasteiger partial charge in [0.15, 0.2) is 0 Å². The van der Waals surface area contributed by atoms with E-state index >= 15 is 0 Å². The number of hydrogen-bond acceptors (Lipinski definition) is 5. The molecular weight excluding hydrogens is 292 g/mol. The summed E-state index contributed by atoms with van der Waals surface area (Å²) in [7, 11) is 0. The fourth-order valence-electron chi connectivity index (χ4n) is 2.32. The van der Waals surface area contributed by atoms with Crippen LogP contribution in [0.1, 0.15) is 28.9 Å². The molecule has 2 aromatic heterocycles. The summed E-state index contributed by atoms with van der Waals surface area (Å²) in [6.45, 7) is 1.90. The molecule has 1 unspecified atom stereocenters. The van der Waals surface area contributed by atoms with Gasteiger partial charge in [0.05, 0.1) is 6.04 Å². The van der Waals surface area contributed by atoms with Gasteiger partial charge in [-0.05, 0) is 24.6 Å². The highest BCUT2D eigenvalue weighted by molar-refractivity contribution is 6.03. The molecule has 0 aliphatic heterocycles. The van der Waals surface area contributed by atoms with Gasteiger partial charge in [-0.25, -0.2) is 0 Å². The van der Waals surface area contributed by atoms with E-state index in [9.17, 15) is 4.79 Å². The van der Waals surface area contributed by atoms with Gasteiger partial charge in [0, 0.05) is 18.0 Å². The lowest BCUT2D eigenvalue weighted by Crippen LogP contribution is -2.27. The summed E-state index contributed by atoms with van der Waals surface area (Å²) in [5, 5.41) is 6.80. The Morgan fingerprint density at radius 1 is 1.22 bits per heavy atom. The number of nitrogens with two attached hydrogens (primary N) is 1. The molecule has 116 valence electrons. The molecule has 3 aromatic rings. The van der Waals surface area contributed by atoms with Crippen LogP contribution in [0.2, 0.25) is 0 Å². The average Bonchev–Trinajstić information content (AvgIpc) is 2.98. The number of nitrogens with zero attached hydrogens (tertiary/aromatic N) is 2. The van der Waals surface area contributed by atoms with E-state index < -0.39 is 0 Å². The van der Waals surface area contributed by atoms with Crippen LogP contribution >= 0.6 is 0 Å². The van der Waals surface area contributed by atoms with Crippen LogP contribution in [0.5, 0.6) is 0 Å². The third kappa shape index (κ3) is 3.06. The zero-order valence-corrected chi connectivity index (χ0v) is 12.6. The van der Waals surface area contributed by atoms with Crippen molar-refractivity contribution in [2.45, 2.75) is 13.0 Å². The lowest BCUT2D eigenvalue weighted by molar-refractivity contribution is 0.0941. The third-order valence-electron chi connectivity index (χ3n) is 3.53. The Balaban J connectivity index is 1.87. The van der Waals surface area contributed by atoms with Crippen LogP contribution in [0, 0.1) is 0 Å². The Morgan fingerprint density at radius 2 is 2.00 bits per heavy atom. The van der Waals surface area contributed by atoms with Gasteiger partial charge < -0.3 is 15.6 Å². The molecule has 0 bridgehead atoms. The van der Waals surface area contributed by atoms with Crippen LogP contribution < -0.4 is 11.1 Å². The number of amides is 1. The van der Waals surface area contributed by atoms with Crippen LogP contribution in [0.25, 0.3) is 11.3 Å². The second kappa shape index (κ2) is 6.31. The maximum atomic E-state index is 12.6. The minimum atomic E-state index is -0.334. The molecule has 3 N–H and O–H groups in total. The van der Waals surface area contributed by atoms with Gasteiger partial charge in [0.2, 0.25) is 5.88 Å². The van der Waals surface area contributed by atoms with E-state index in [0.717, 1.165) is 5.56 Å². The number of pyridine rings is 1. The Hall–Kier alpha value is -3.15. The van der Waals surface area contributed by atoms with Gasteiger partial charge in [-0.15, -0.1) is 0 Å². The molecular formula is C17H16N4O2. The zero-order valence-electron chi connectivity index (χ0n) is 12.6. The summed E-state index contributed by atoms with van der Waals surface area (Å²) in [5.74, 6) is -0.347. The molecule has 6 heteroatoms. The van der Waals surface area contributed by atoms with Crippen molar-refractivity contribution in [3.8, 4) is 11.3 Å². The molecule has 0 aliphatic carbocycles. The summed E-state index contributed by atoms with van der Waals surface area (Å²) in [4.78, 5) is 16.6. The third-order valence-corrected chi connectivity index (χ3v) is 3.53. The molecule has 6 nitrogen and oxygen atoms in total. The smallest absolute Gasteiger partial charge is 0.259 e. The van der Waals surface area contributed by atoms with Crippen LogP contribution in [0.3, 0.4) is 0 Å². The molecule has 0 spiro atoms. The van der Waals surface area contributed by atoms with E-state index in [2.05, 4.69) is 15.5 Å². The van der Waals surface area contributed by atoms with E-state index in [4.69, 9.17) is 10.3 Å². The summed E-state index contributed by atoms with van der Waals surface area (Å²) in [6.07, 6.45) is 3.25. The van der Waals surface area contributed by atoms with E-state index in [1.54, 1.807) is 24.5 Å². The number of aromatic nitrogens is 2. The number of carbonyl (C=O) groups is 1. The van der Waals surface area contributed by atoms with Crippen LogP contribution in [-0.4, -0.2) is 16.0 Å². The molecule has 23 heavy (non-hydrogen) atoms. The highest BCUT2D eigenvalue weighted by Crippen LogP contribution is 2.27. The van der Waals surface area contributed by atoms with Crippen molar-refractivity contribution in [1.29, 1.82) is 0 Å². The number of hydrogen-bond donors (Lipinski definition) is 2. The minimum absolute atomic E-state index is 0.0124. The molecule has 1 aromatic carbocycles. The van der Waals surface area contributed by atoms with Gasteiger partial charge in [-0.1, -0.05) is 35.5 Å². The fourth-order valence-corrected chi connectivity index (χ4v) is 2.32. The Labute approximate surface area is 133 Å². The molecule has 3 rings (SSSR count). The molecule has 1 atom stereocenters. The monoisotopic (exact) mass is 308 g/mol. The van der Waals surface area contributed by atoms with Gasteiger partial charge in [0.1, 0.15) is 11.3 Å². The lowest BCUT2D eigenvalue weighted by atomic mass is 10.1. The molecule has 0 aliphatic rings. The Morgan fingerprint density at radius 3 is 2.70 bits per heavy atom. The molecule has 1 amide bonds. The topological polar surface area (TPSA) is 94.0 Å². The number of carbonyl (C=O) groups excluding carboxylic acids is 1. The van der Waals surface area contributed by atoms with E-state index in [1.165, 1.54) is 0 Å². The second-order valence-electron chi connectivity index (χ2n) is 5.12. The number of benzene rings is 1. The summed E-state index contributed by atoms with van der Waals surface area (Å²) in [6, 6.07) is 13.1. The van der Waals surface area contributed by atoms with Crippen molar-refractivity contribution in [2.75, 3.05) is 5.73 Å². The second-order valence-corrected chi connectivity index (χ2v) is 5.12. The minimum Gasteiger partial charge on any atom is -0.367 e. The highest BCUT2D eigenvalue weighted by Gasteiger charge is 2.23. The molecule has 0 fully saturated rings. The zero-order chi connectivity index (χ0) is 16.2. The first kappa shape index (κ1) is 14.8. The first-order valence-electron chi connectivity index (χ1n) is 7.18. The van der Waals surface area contributed by atoms with Crippen molar-refractivity contribution >= 4 is 11.8 Å². The first-order valence-corrected chi connectivity index (χ1v) is 7.18. The highest BCUT2D eigenvalue weighted by atomic mass is 16.5. The molecule has 2 heterocycles. The predicted octanol–water partition coefficient (Wildman–Crippen LogP) is 2.81. The van der Waals surface area contributed by atoms with Gasteiger partial charge in [-0.2, -0.15) is 0 Å². The molecule has 0 radical (unpaired) electrons. The van der Waals surface area contributed by atoms with E-state index in [0.29, 0.717) is 11.3 Å². The standard InChI is InChI=1S/C17H16N4O2/c1-11(12-6-3-2-4-7-12)20-17(22)14-15(21-23-16(14)18)13-8-5-9-19-10-13/h2-11H,18H2,1H3,(H,20,22). The Kier molecular flexibility index (Phi) is 4.05. The SMILES string of the molecule is CC(NC(=O)c1c(-c2cccnc2)noc1N)c1ccccc1. The molecule has 0 saturated carbocycles. The quantitative estimate of drug-likeness (QED) is 0.773. The van der Waals surface area contributed by atoms with Gasteiger partial charge in [-0.3, -0.25) is 9.78 Å². The average molecular weight is 308 g/mol. The summed E-state index contributed by atoms with van der Waals surface area (Å²) in [5.41, 5.74) is 8.06. The largest absolute Gasteiger partial charge is 0.367 e. The Bertz CT molecular complexity index is 800. The number of nitrogens with one attached hydrogen (secondary N) is 1. The van der Waals surface area contributed by atoms with Crippen LogP contribution in [0.15, 0.2) is 59.4 Å². The molecule has 0 saturated heterocycles. The predicted molar refractivity (Wildman–Crippen MR) is 86.5 cm³/mol. The van der Waals surface area contributed by atoms with E-state index in [-0.39, 0.29) is 23.4 Å². The van der Waals surface area contributed by atoms with Crippen molar-refractivity contribution < 1.29 is 9.32 Å². The van der Waals surface area contributed by atoms with Crippen molar-refractivity contribution in [2.24, 2.45) is 0 Å². The summed E-state index contributed by atoms with van der Waals surface area (Å²) < 4.78 is 5.00. The lowest BCUT2D eigenvalue weighted by Gasteiger charge is -2.14. The van der Waals surface area contributed by atoms with Crippen LogP contribution in [-0.2, 0) is 0 Å². The number of rotatable bonds is 4. The van der Waals surface area contributed by atoms with E-state index in [1.807, 2.05) is 37.3 Å². The fraction of sp³-hybridized carbons (Fsp3) is 0.118. The van der Waals surface area contributed by atoms with Gasteiger partial charge in [0.25, 0.3) is 5.91 Å². The van der Waals surface area contributed by atoms with Crippen LogP contribution in [0.4, 0.5) is 5.88 Å².